The average Bonchev–Trinajstić information content (AvgIpc) is 3.86. The van der Waals surface area contributed by atoms with E-state index in [4.69, 9.17) is 4.74 Å². The van der Waals surface area contributed by atoms with Gasteiger partial charge in [-0.2, -0.15) is 0 Å². The fourth-order valence-corrected chi connectivity index (χ4v) is 5.69. The smallest absolute Gasteiger partial charge is 0.408 e. The average molecular weight is 580 g/mol. The first-order chi connectivity index (χ1) is 20.4. The Morgan fingerprint density at radius 2 is 1.48 bits per heavy atom. The summed E-state index contributed by atoms with van der Waals surface area (Å²) in [5, 5.41) is 29.9. The molecule has 0 radical (unpaired) electrons. The Balaban J connectivity index is 1.28. The van der Waals surface area contributed by atoms with Crippen LogP contribution in [0.1, 0.15) is 68.9 Å². The van der Waals surface area contributed by atoms with Gasteiger partial charge < -0.3 is 30.9 Å². The maximum atomic E-state index is 13.1. The molecule has 4 atom stereocenters. The van der Waals surface area contributed by atoms with Gasteiger partial charge in [0.05, 0.1) is 12.1 Å². The van der Waals surface area contributed by atoms with E-state index < -0.39 is 36.3 Å². The van der Waals surface area contributed by atoms with E-state index in [0.717, 1.165) is 49.7 Å². The zero-order chi connectivity index (χ0) is 29.7. The SMILES string of the molecule is O=C(CCNC(=O)[C@H](Cc1ccccc1)NC(=O)OCc1ccccc1)N[C@@H](CC1CCCCC1)[C@@H](O)[C@@H](O)C1CC1. The van der Waals surface area contributed by atoms with Crippen LogP contribution < -0.4 is 16.0 Å². The van der Waals surface area contributed by atoms with Gasteiger partial charge >= 0.3 is 6.09 Å². The zero-order valence-electron chi connectivity index (χ0n) is 24.3. The topological polar surface area (TPSA) is 137 Å². The maximum absolute atomic E-state index is 13.1. The number of amides is 3. The molecule has 2 aliphatic carbocycles. The minimum absolute atomic E-state index is 0.00958. The van der Waals surface area contributed by atoms with Gasteiger partial charge in [-0.05, 0) is 42.2 Å². The fraction of sp³-hybridized carbons (Fsp3) is 0.545. The van der Waals surface area contributed by atoms with E-state index in [1.807, 2.05) is 60.7 Å². The summed E-state index contributed by atoms with van der Waals surface area (Å²) in [5.74, 6) is -0.214. The Kier molecular flexibility index (Phi) is 12.2. The van der Waals surface area contributed by atoms with Crippen molar-refractivity contribution in [1.82, 2.24) is 16.0 Å². The van der Waals surface area contributed by atoms with Gasteiger partial charge in [-0.15, -0.1) is 0 Å². The monoisotopic (exact) mass is 579 g/mol. The van der Waals surface area contributed by atoms with Crippen LogP contribution in [0.3, 0.4) is 0 Å². The molecule has 0 unspecified atom stereocenters. The molecule has 0 aliphatic heterocycles. The normalized spacial score (nSPS) is 18.2. The van der Waals surface area contributed by atoms with Crippen LogP contribution in [-0.4, -0.2) is 59.0 Å². The number of benzene rings is 2. The number of rotatable bonds is 15. The first-order valence-corrected chi connectivity index (χ1v) is 15.3. The van der Waals surface area contributed by atoms with Crippen LogP contribution in [0.2, 0.25) is 0 Å². The second kappa shape index (κ2) is 16.3. The fourth-order valence-electron chi connectivity index (χ4n) is 5.69. The lowest BCUT2D eigenvalue weighted by molar-refractivity contribution is -0.124. The van der Waals surface area contributed by atoms with Crippen molar-refractivity contribution in [1.29, 1.82) is 0 Å². The van der Waals surface area contributed by atoms with Gasteiger partial charge in [-0.1, -0.05) is 92.8 Å². The minimum Gasteiger partial charge on any atom is -0.445 e. The van der Waals surface area contributed by atoms with Crippen molar-refractivity contribution in [2.75, 3.05) is 6.54 Å². The Bertz CT molecular complexity index is 1120. The summed E-state index contributed by atoms with van der Waals surface area (Å²) in [6.07, 6.45) is 5.78. The van der Waals surface area contributed by atoms with E-state index in [1.54, 1.807) is 0 Å². The van der Waals surface area contributed by atoms with Gasteiger partial charge in [-0.25, -0.2) is 4.79 Å². The summed E-state index contributed by atoms with van der Waals surface area (Å²) in [5.41, 5.74) is 1.70. The van der Waals surface area contributed by atoms with Crippen LogP contribution in [0.25, 0.3) is 0 Å². The summed E-state index contributed by atoms with van der Waals surface area (Å²) >= 11 is 0. The standard InChI is InChI=1S/C33H45N3O6/c37-29(35-27(20-23-10-4-1-5-11-23)31(39)30(38)26-16-17-26)18-19-34-32(40)28(21-24-12-6-2-7-13-24)36-33(41)42-22-25-14-8-3-9-15-25/h2-3,6-9,12-15,23,26-28,30-31,38-39H,1,4-5,10-11,16-22H2,(H,34,40)(H,35,37)(H,36,41)/t27-,28-,30-,31+/m0/s1. The van der Waals surface area contributed by atoms with Crippen LogP contribution in [0.5, 0.6) is 0 Å². The van der Waals surface area contributed by atoms with Crippen molar-refractivity contribution < 1.29 is 29.3 Å². The van der Waals surface area contributed by atoms with Gasteiger partial charge in [0.15, 0.2) is 0 Å². The summed E-state index contributed by atoms with van der Waals surface area (Å²) in [7, 11) is 0. The molecular weight excluding hydrogens is 534 g/mol. The lowest BCUT2D eigenvalue weighted by Gasteiger charge is -2.32. The number of aliphatic hydroxyl groups is 2. The third kappa shape index (κ3) is 10.4. The summed E-state index contributed by atoms with van der Waals surface area (Å²) in [6.45, 7) is 0.143. The predicted octanol–water partition coefficient (Wildman–Crippen LogP) is 3.62. The van der Waals surface area contributed by atoms with Crippen molar-refractivity contribution in [2.45, 2.75) is 95.1 Å². The molecule has 5 N–H and O–H groups in total. The number of carbonyl (C=O) groups is 3. The van der Waals surface area contributed by atoms with E-state index >= 15 is 0 Å². The van der Waals surface area contributed by atoms with Crippen LogP contribution in [0, 0.1) is 11.8 Å². The van der Waals surface area contributed by atoms with Crippen LogP contribution in [-0.2, 0) is 27.4 Å². The number of aliphatic hydroxyl groups excluding tert-OH is 2. The highest BCUT2D eigenvalue weighted by molar-refractivity contribution is 5.86. The van der Waals surface area contributed by atoms with E-state index in [-0.39, 0.29) is 37.8 Å². The molecule has 228 valence electrons. The van der Waals surface area contributed by atoms with Crippen LogP contribution in [0.4, 0.5) is 4.79 Å². The summed E-state index contributed by atoms with van der Waals surface area (Å²) in [6, 6.07) is 17.2. The number of carbonyl (C=O) groups excluding carboxylic acids is 3. The molecule has 2 saturated carbocycles. The molecule has 0 spiro atoms. The third-order valence-electron chi connectivity index (χ3n) is 8.28. The molecule has 2 aliphatic rings. The molecule has 3 amide bonds. The molecule has 4 rings (SSSR count). The lowest BCUT2D eigenvalue weighted by atomic mass is 9.82. The van der Waals surface area contributed by atoms with Gasteiger partial charge in [0.2, 0.25) is 11.8 Å². The molecule has 2 fully saturated rings. The highest BCUT2D eigenvalue weighted by Crippen LogP contribution is 2.36. The Hall–Kier alpha value is -3.43. The molecule has 2 aromatic rings. The number of alkyl carbamates (subject to hydrolysis) is 1. The summed E-state index contributed by atoms with van der Waals surface area (Å²) in [4.78, 5) is 38.6. The zero-order valence-corrected chi connectivity index (χ0v) is 24.3. The largest absolute Gasteiger partial charge is 0.445 e. The molecule has 42 heavy (non-hydrogen) atoms. The van der Waals surface area contributed by atoms with Crippen molar-refractivity contribution in [2.24, 2.45) is 11.8 Å². The Labute approximate surface area is 248 Å². The maximum Gasteiger partial charge on any atom is 0.408 e. The van der Waals surface area contributed by atoms with Gasteiger partial charge in [0, 0.05) is 19.4 Å². The first kappa shape index (κ1) is 31.5. The lowest BCUT2D eigenvalue weighted by Crippen LogP contribution is -2.51. The van der Waals surface area contributed by atoms with Crippen molar-refractivity contribution in [3.63, 3.8) is 0 Å². The quantitative estimate of drug-likeness (QED) is 0.219. The number of hydrogen-bond acceptors (Lipinski definition) is 6. The number of nitrogens with one attached hydrogen (secondary N) is 3. The Morgan fingerprint density at radius 1 is 0.833 bits per heavy atom. The minimum atomic E-state index is -1.01. The molecule has 9 nitrogen and oxygen atoms in total. The van der Waals surface area contributed by atoms with E-state index in [1.165, 1.54) is 6.42 Å². The molecule has 0 bridgehead atoms. The second-order valence-corrected chi connectivity index (χ2v) is 11.7. The molecule has 2 aromatic carbocycles. The highest BCUT2D eigenvalue weighted by Gasteiger charge is 2.39. The Morgan fingerprint density at radius 3 is 2.12 bits per heavy atom. The molecular formula is C33H45N3O6. The van der Waals surface area contributed by atoms with Crippen LogP contribution in [0.15, 0.2) is 60.7 Å². The molecule has 9 heteroatoms. The van der Waals surface area contributed by atoms with Crippen molar-refractivity contribution in [3.05, 3.63) is 71.8 Å². The van der Waals surface area contributed by atoms with Gasteiger partial charge in [0.25, 0.3) is 0 Å². The van der Waals surface area contributed by atoms with E-state index in [9.17, 15) is 24.6 Å². The highest BCUT2D eigenvalue weighted by atomic mass is 16.5. The first-order valence-electron chi connectivity index (χ1n) is 15.3. The van der Waals surface area contributed by atoms with Gasteiger partial charge in [0.1, 0.15) is 18.8 Å². The number of ether oxygens (including phenoxy) is 1. The predicted molar refractivity (Wildman–Crippen MR) is 159 cm³/mol. The van der Waals surface area contributed by atoms with Crippen LogP contribution >= 0.6 is 0 Å². The van der Waals surface area contributed by atoms with Gasteiger partial charge in [-0.3, -0.25) is 9.59 Å². The third-order valence-corrected chi connectivity index (χ3v) is 8.28. The van der Waals surface area contributed by atoms with E-state index in [0.29, 0.717) is 12.3 Å². The second-order valence-electron chi connectivity index (χ2n) is 11.7. The number of hydrogen-bond donors (Lipinski definition) is 5. The van der Waals surface area contributed by atoms with Crippen molar-refractivity contribution in [3.8, 4) is 0 Å². The van der Waals surface area contributed by atoms with E-state index in [2.05, 4.69) is 16.0 Å². The van der Waals surface area contributed by atoms with Crippen molar-refractivity contribution >= 4 is 17.9 Å². The molecule has 0 heterocycles. The summed E-state index contributed by atoms with van der Waals surface area (Å²) < 4.78 is 5.32. The molecule has 0 aromatic heterocycles. The molecule has 0 saturated heterocycles.